The van der Waals surface area contributed by atoms with Gasteiger partial charge in [-0.05, 0) is 42.7 Å². The molecule has 5 nitrogen and oxygen atoms in total. The third kappa shape index (κ3) is 5.62. The summed E-state index contributed by atoms with van der Waals surface area (Å²) in [5.41, 5.74) is 0.953. The van der Waals surface area contributed by atoms with Crippen molar-refractivity contribution in [1.29, 1.82) is 0 Å². The minimum absolute atomic E-state index is 0.00244. The second-order valence-electron chi connectivity index (χ2n) is 8.51. The Labute approximate surface area is 204 Å². The number of benzene rings is 2. The van der Waals surface area contributed by atoms with Gasteiger partial charge in [-0.3, -0.25) is 14.6 Å². The fourth-order valence-corrected chi connectivity index (χ4v) is 4.60. The highest BCUT2D eigenvalue weighted by Gasteiger charge is 2.35. The van der Waals surface area contributed by atoms with E-state index in [0.717, 1.165) is 32.1 Å². The largest absolute Gasteiger partial charge is 0.351 e. The minimum Gasteiger partial charge on any atom is -0.351 e. The molecule has 4 rings (SSSR count). The average Bonchev–Trinajstić information content (AvgIpc) is 2.86. The minimum atomic E-state index is -1.19. The van der Waals surface area contributed by atoms with Crippen LogP contribution in [0, 0.1) is 5.82 Å². The second kappa shape index (κ2) is 11.3. The molecule has 1 fully saturated rings. The standard InChI is InChI=1S/C27H27ClFN3O2/c28-22-14-6-4-10-19(22)18-32(27(34)24-16-8-9-17-30-24)25(21-13-5-7-15-23(21)29)26(33)31-20-11-2-1-3-12-20/h4-10,13-17,20,25H,1-3,11-12,18H2,(H,31,33)/t25-/m0/s1. The number of rotatable bonds is 7. The summed E-state index contributed by atoms with van der Waals surface area (Å²) in [5, 5.41) is 3.54. The molecule has 1 aromatic heterocycles. The Kier molecular flexibility index (Phi) is 7.91. The molecule has 0 radical (unpaired) electrons. The monoisotopic (exact) mass is 479 g/mol. The third-order valence-electron chi connectivity index (χ3n) is 6.15. The van der Waals surface area contributed by atoms with Gasteiger partial charge in [0.2, 0.25) is 5.91 Å². The van der Waals surface area contributed by atoms with E-state index in [0.29, 0.717) is 10.6 Å². The van der Waals surface area contributed by atoms with E-state index >= 15 is 4.39 Å². The number of carbonyl (C=O) groups excluding carboxylic acids is 2. The Morgan fingerprint density at radius 3 is 2.41 bits per heavy atom. The molecule has 3 aromatic rings. The molecule has 0 saturated heterocycles. The van der Waals surface area contributed by atoms with E-state index < -0.39 is 23.7 Å². The first-order valence-corrected chi connectivity index (χ1v) is 11.9. The van der Waals surface area contributed by atoms with Gasteiger partial charge in [-0.2, -0.15) is 0 Å². The third-order valence-corrected chi connectivity index (χ3v) is 6.52. The summed E-state index contributed by atoms with van der Waals surface area (Å²) in [7, 11) is 0. The Hall–Kier alpha value is -3.25. The molecule has 2 aromatic carbocycles. The van der Waals surface area contributed by atoms with Crippen molar-refractivity contribution in [2.75, 3.05) is 0 Å². The summed E-state index contributed by atoms with van der Waals surface area (Å²) < 4.78 is 15.1. The van der Waals surface area contributed by atoms with Crippen molar-refractivity contribution in [3.8, 4) is 0 Å². The van der Waals surface area contributed by atoms with E-state index in [4.69, 9.17) is 11.6 Å². The highest BCUT2D eigenvalue weighted by atomic mass is 35.5. The van der Waals surface area contributed by atoms with Crippen molar-refractivity contribution in [2.24, 2.45) is 0 Å². The molecule has 1 saturated carbocycles. The van der Waals surface area contributed by atoms with Gasteiger partial charge in [0.1, 0.15) is 17.6 Å². The van der Waals surface area contributed by atoms with Crippen LogP contribution in [0.1, 0.15) is 59.8 Å². The molecule has 0 unspecified atom stereocenters. The molecule has 1 N–H and O–H groups in total. The fourth-order valence-electron chi connectivity index (χ4n) is 4.40. The number of hydrogen-bond acceptors (Lipinski definition) is 3. The highest BCUT2D eigenvalue weighted by Crippen LogP contribution is 2.30. The molecule has 0 aliphatic heterocycles. The van der Waals surface area contributed by atoms with E-state index in [-0.39, 0.29) is 23.8 Å². The predicted octanol–water partition coefficient (Wildman–Crippen LogP) is 5.71. The van der Waals surface area contributed by atoms with E-state index in [1.54, 1.807) is 54.6 Å². The van der Waals surface area contributed by atoms with E-state index in [2.05, 4.69) is 10.3 Å². The number of nitrogens with one attached hydrogen (secondary N) is 1. The zero-order chi connectivity index (χ0) is 23.9. The van der Waals surface area contributed by atoms with Gasteiger partial charge in [-0.25, -0.2) is 4.39 Å². The predicted molar refractivity (Wildman–Crippen MR) is 130 cm³/mol. The van der Waals surface area contributed by atoms with Crippen LogP contribution in [-0.2, 0) is 11.3 Å². The maximum atomic E-state index is 15.1. The van der Waals surface area contributed by atoms with Crippen molar-refractivity contribution in [3.63, 3.8) is 0 Å². The quantitative estimate of drug-likeness (QED) is 0.472. The molecule has 176 valence electrons. The Balaban J connectivity index is 1.77. The number of nitrogens with zero attached hydrogens (tertiary/aromatic N) is 2. The maximum absolute atomic E-state index is 15.1. The fraction of sp³-hybridized carbons (Fsp3) is 0.296. The zero-order valence-electron chi connectivity index (χ0n) is 18.8. The highest BCUT2D eigenvalue weighted by molar-refractivity contribution is 6.31. The summed E-state index contributed by atoms with van der Waals surface area (Å²) in [6, 6.07) is 17.0. The average molecular weight is 480 g/mol. The van der Waals surface area contributed by atoms with Crippen LogP contribution in [0.2, 0.25) is 5.02 Å². The molecule has 34 heavy (non-hydrogen) atoms. The normalized spacial score (nSPS) is 14.9. The van der Waals surface area contributed by atoms with Crippen molar-refractivity contribution in [1.82, 2.24) is 15.2 Å². The van der Waals surface area contributed by atoms with E-state index in [9.17, 15) is 9.59 Å². The lowest BCUT2D eigenvalue weighted by atomic mass is 9.94. The van der Waals surface area contributed by atoms with Gasteiger partial charge in [-0.15, -0.1) is 0 Å². The molecule has 2 amide bonds. The van der Waals surface area contributed by atoms with Crippen molar-refractivity contribution in [3.05, 3.63) is 101 Å². The number of aromatic nitrogens is 1. The molecule has 1 aliphatic carbocycles. The van der Waals surface area contributed by atoms with Crippen LogP contribution in [0.5, 0.6) is 0 Å². The molecular formula is C27H27ClFN3O2. The maximum Gasteiger partial charge on any atom is 0.273 e. The number of amides is 2. The number of carbonyl (C=O) groups is 2. The Bertz CT molecular complexity index is 1140. The summed E-state index contributed by atoms with van der Waals surface area (Å²) in [5.74, 6) is -1.44. The van der Waals surface area contributed by atoms with Gasteiger partial charge in [0.15, 0.2) is 0 Å². The first-order chi connectivity index (χ1) is 16.5. The summed E-state index contributed by atoms with van der Waals surface area (Å²) in [6.07, 6.45) is 6.46. The second-order valence-corrected chi connectivity index (χ2v) is 8.91. The molecule has 7 heteroatoms. The van der Waals surface area contributed by atoms with Crippen LogP contribution in [-0.4, -0.2) is 27.7 Å². The van der Waals surface area contributed by atoms with Crippen LogP contribution in [0.4, 0.5) is 4.39 Å². The molecular weight excluding hydrogens is 453 g/mol. The lowest BCUT2D eigenvalue weighted by Gasteiger charge is -2.33. The van der Waals surface area contributed by atoms with Crippen LogP contribution in [0.15, 0.2) is 72.9 Å². The molecule has 1 atom stereocenters. The number of pyridine rings is 1. The lowest BCUT2D eigenvalue weighted by molar-refractivity contribution is -0.127. The lowest BCUT2D eigenvalue weighted by Crippen LogP contribution is -2.47. The first kappa shape index (κ1) is 23.9. The first-order valence-electron chi connectivity index (χ1n) is 11.5. The molecule has 1 aliphatic rings. The van der Waals surface area contributed by atoms with Gasteiger partial charge in [0.05, 0.1) is 0 Å². The Morgan fingerprint density at radius 2 is 1.71 bits per heavy atom. The van der Waals surface area contributed by atoms with Crippen LogP contribution >= 0.6 is 11.6 Å². The summed E-state index contributed by atoms with van der Waals surface area (Å²) in [6.45, 7) is 0.0200. The smallest absolute Gasteiger partial charge is 0.273 e. The van der Waals surface area contributed by atoms with Gasteiger partial charge in [-0.1, -0.05) is 73.3 Å². The molecule has 0 bridgehead atoms. The molecule has 1 heterocycles. The van der Waals surface area contributed by atoms with Gasteiger partial charge < -0.3 is 10.2 Å². The van der Waals surface area contributed by atoms with Crippen LogP contribution in [0.3, 0.4) is 0 Å². The van der Waals surface area contributed by atoms with E-state index in [1.165, 1.54) is 17.2 Å². The molecule has 0 spiro atoms. The van der Waals surface area contributed by atoms with Crippen LogP contribution in [0.25, 0.3) is 0 Å². The van der Waals surface area contributed by atoms with Gasteiger partial charge >= 0.3 is 0 Å². The van der Waals surface area contributed by atoms with Crippen LogP contribution < -0.4 is 5.32 Å². The summed E-state index contributed by atoms with van der Waals surface area (Å²) in [4.78, 5) is 32.9. The van der Waals surface area contributed by atoms with Gasteiger partial charge in [0.25, 0.3) is 5.91 Å². The zero-order valence-corrected chi connectivity index (χ0v) is 19.5. The number of halogens is 2. The SMILES string of the molecule is O=C(NC1CCCCC1)[C@H](c1ccccc1F)N(Cc1ccccc1Cl)C(=O)c1ccccn1. The van der Waals surface area contributed by atoms with Crippen molar-refractivity contribution >= 4 is 23.4 Å². The topological polar surface area (TPSA) is 62.3 Å². The van der Waals surface area contributed by atoms with E-state index in [1.807, 2.05) is 6.07 Å². The summed E-state index contributed by atoms with van der Waals surface area (Å²) >= 11 is 6.41. The number of hydrogen-bond donors (Lipinski definition) is 1. The Morgan fingerprint density at radius 1 is 1.00 bits per heavy atom. The van der Waals surface area contributed by atoms with Crippen molar-refractivity contribution < 1.29 is 14.0 Å². The van der Waals surface area contributed by atoms with Gasteiger partial charge in [0, 0.05) is 29.4 Å². The van der Waals surface area contributed by atoms with Crippen molar-refractivity contribution in [2.45, 2.75) is 50.7 Å².